The monoisotopic (exact) mass is 592 g/mol. The average molecular weight is 593 g/mol. The third kappa shape index (κ3) is 3.59. The fourth-order valence-corrected chi connectivity index (χ4v) is 7.91. The number of hydrogen-bond acceptors (Lipinski definition) is 2. The third-order valence-electron chi connectivity index (χ3n) is 10.2. The van der Waals surface area contributed by atoms with Gasteiger partial charge in [0, 0.05) is 27.3 Å². The average Bonchev–Trinajstić information content (AvgIpc) is 3.64. The number of furan rings is 2. The largest absolute Gasteiger partial charge is 0.456 e. The van der Waals surface area contributed by atoms with E-state index in [-0.39, 0.29) is 5.41 Å². The molecule has 0 N–H and O–H groups in total. The van der Waals surface area contributed by atoms with Crippen LogP contribution in [0.2, 0.25) is 0 Å². The molecule has 0 radical (unpaired) electrons. The van der Waals surface area contributed by atoms with E-state index in [1.165, 1.54) is 60.0 Å². The van der Waals surface area contributed by atoms with E-state index in [9.17, 15) is 0 Å². The Labute approximate surface area is 266 Å². The molecule has 0 fully saturated rings. The van der Waals surface area contributed by atoms with Gasteiger partial charge in [0.1, 0.15) is 22.5 Å². The highest BCUT2D eigenvalue weighted by molar-refractivity contribution is 6.29. The Morgan fingerprint density at radius 2 is 1.30 bits per heavy atom. The second-order valence-electron chi connectivity index (χ2n) is 14.0. The molecule has 0 spiro atoms. The maximum atomic E-state index is 6.65. The minimum absolute atomic E-state index is 0.0608. The van der Waals surface area contributed by atoms with Gasteiger partial charge in [-0.25, -0.2) is 0 Å². The molecule has 220 valence electrons. The van der Waals surface area contributed by atoms with Gasteiger partial charge in [-0.1, -0.05) is 106 Å². The van der Waals surface area contributed by atoms with Gasteiger partial charge in [-0.05, 0) is 103 Å². The van der Waals surface area contributed by atoms with Crippen LogP contribution in [0.3, 0.4) is 0 Å². The molecule has 1 aliphatic carbocycles. The first kappa shape index (κ1) is 25.9. The van der Waals surface area contributed by atoms with E-state index in [1.807, 2.05) is 12.1 Å². The maximum Gasteiger partial charge on any atom is 0.142 e. The molecule has 0 amide bonds. The maximum absolute atomic E-state index is 6.65. The lowest BCUT2D eigenvalue weighted by Gasteiger charge is -2.23. The number of hydrogen-bond donors (Lipinski definition) is 0. The minimum atomic E-state index is 0.0608. The van der Waals surface area contributed by atoms with Crippen LogP contribution in [0.1, 0.15) is 44.1 Å². The number of benzene rings is 7. The van der Waals surface area contributed by atoms with Crippen LogP contribution in [-0.4, -0.2) is 0 Å². The summed E-state index contributed by atoms with van der Waals surface area (Å²) < 4.78 is 13.0. The van der Waals surface area contributed by atoms with Crippen molar-refractivity contribution in [3.63, 3.8) is 0 Å². The zero-order valence-corrected chi connectivity index (χ0v) is 26.2. The molecule has 2 aromatic heterocycles. The highest BCUT2D eigenvalue weighted by Gasteiger charge is 2.23. The molecule has 46 heavy (non-hydrogen) atoms. The summed E-state index contributed by atoms with van der Waals surface area (Å²) in [6.45, 7) is 6.88. The summed E-state index contributed by atoms with van der Waals surface area (Å²) >= 11 is 0. The molecule has 2 heteroatoms. The van der Waals surface area contributed by atoms with Crippen molar-refractivity contribution in [2.24, 2.45) is 0 Å². The van der Waals surface area contributed by atoms with E-state index in [0.29, 0.717) is 0 Å². The Hall–Kier alpha value is -5.34. The van der Waals surface area contributed by atoms with Crippen molar-refractivity contribution in [2.75, 3.05) is 0 Å². The topological polar surface area (TPSA) is 26.3 Å². The number of aryl methyl sites for hydroxylation is 1. The second-order valence-corrected chi connectivity index (χ2v) is 14.0. The fraction of sp³-hybridized carbons (Fsp3) is 0.136. The van der Waals surface area contributed by atoms with Crippen molar-refractivity contribution < 1.29 is 8.83 Å². The van der Waals surface area contributed by atoms with Crippen molar-refractivity contribution in [2.45, 2.75) is 39.0 Å². The lowest BCUT2D eigenvalue weighted by atomic mass is 9.81. The molecule has 0 bridgehead atoms. The first-order valence-electron chi connectivity index (χ1n) is 16.3. The van der Waals surface area contributed by atoms with Gasteiger partial charge >= 0.3 is 0 Å². The molecular formula is C44H32O2. The number of rotatable bonds is 2. The molecular weight excluding hydrogens is 560 g/mol. The highest BCUT2D eigenvalue weighted by atomic mass is 16.3. The smallest absolute Gasteiger partial charge is 0.142 e. The summed E-state index contributed by atoms with van der Waals surface area (Å²) in [6, 6.07) is 38.1. The standard InChI is InChI=1S/C44H32O2/c1-44(2,3)28-21-26-16-19-32-36(25-15-18-31-29-9-4-6-13-38(29)45-40(31)23-25)24-37(33-20-17-27(22-28)41(26)42(32)33)35-12-8-11-34-30-10-5-7-14-39(30)46-43(34)35/h4,6-9,11-24H,5,10H2,1-3H3. The van der Waals surface area contributed by atoms with Gasteiger partial charge in [0.05, 0.1) is 0 Å². The van der Waals surface area contributed by atoms with Gasteiger partial charge in [0.25, 0.3) is 0 Å². The normalized spacial score (nSPS) is 13.7. The van der Waals surface area contributed by atoms with Crippen LogP contribution in [0, 0.1) is 0 Å². The Bertz CT molecular complexity index is 2700. The lowest BCUT2D eigenvalue weighted by molar-refractivity contribution is 0.591. The van der Waals surface area contributed by atoms with Crippen LogP contribution in [0.5, 0.6) is 0 Å². The van der Waals surface area contributed by atoms with E-state index < -0.39 is 0 Å². The lowest BCUT2D eigenvalue weighted by Crippen LogP contribution is -2.10. The van der Waals surface area contributed by atoms with E-state index in [0.717, 1.165) is 57.3 Å². The predicted molar refractivity (Wildman–Crippen MR) is 194 cm³/mol. The predicted octanol–water partition coefficient (Wildman–Crippen LogP) is 12.8. The van der Waals surface area contributed by atoms with Crippen molar-refractivity contribution in [3.05, 3.63) is 126 Å². The van der Waals surface area contributed by atoms with Crippen LogP contribution >= 0.6 is 0 Å². The summed E-state index contributed by atoms with van der Waals surface area (Å²) in [4.78, 5) is 0. The van der Waals surface area contributed by atoms with Gasteiger partial charge in [-0.2, -0.15) is 0 Å². The Kier molecular flexibility index (Phi) is 5.14. The number of para-hydroxylation sites is 2. The second kappa shape index (κ2) is 9.11. The van der Waals surface area contributed by atoms with Crippen molar-refractivity contribution in [1.29, 1.82) is 0 Å². The molecule has 0 atom stereocenters. The van der Waals surface area contributed by atoms with E-state index >= 15 is 0 Å². The molecule has 7 aromatic carbocycles. The SMILES string of the molecule is CC(C)(C)c1cc2ccc3c(-c4ccc5c(c4)oc4ccccc45)cc(-c4cccc5c6c(oc45)C=CCC6)c4ccc(c1)c2c34. The van der Waals surface area contributed by atoms with Gasteiger partial charge in [-0.15, -0.1) is 0 Å². The molecule has 1 aliphatic rings. The Morgan fingerprint density at radius 1 is 0.565 bits per heavy atom. The zero-order valence-electron chi connectivity index (χ0n) is 26.2. The van der Waals surface area contributed by atoms with Gasteiger partial charge in [-0.3, -0.25) is 0 Å². The van der Waals surface area contributed by atoms with Crippen LogP contribution < -0.4 is 0 Å². The summed E-state index contributed by atoms with van der Waals surface area (Å²) in [6.07, 6.45) is 6.43. The van der Waals surface area contributed by atoms with E-state index in [1.54, 1.807) is 0 Å². The first-order valence-corrected chi connectivity index (χ1v) is 16.3. The van der Waals surface area contributed by atoms with E-state index in [4.69, 9.17) is 8.83 Å². The summed E-state index contributed by atoms with van der Waals surface area (Å²) in [7, 11) is 0. The van der Waals surface area contributed by atoms with Gasteiger partial charge in [0.15, 0.2) is 0 Å². The van der Waals surface area contributed by atoms with Crippen molar-refractivity contribution in [1.82, 2.24) is 0 Å². The molecule has 9 aromatic rings. The molecule has 0 aliphatic heterocycles. The molecule has 0 unspecified atom stereocenters. The van der Waals surface area contributed by atoms with Crippen molar-refractivity contribution >= 4 is 71.3 Å². The van der Waals surface area contributed by atoms with Crippen LogP contribution in [0.4, 0.5) is 0 Å². The van der Waals surface area contributed by atoms with Crippen LogP contribution in [0.15, 0.2) is 118 Å². The van der Waals surface area contributed by atoms with Crippen LogP contribution in [-0.2, 0) is 11.8 Å². The Morgan fingerprint density at radius 3 is 2.13 bits per heavy atom. The first-order chi connectivity index (χ1) is 22.4. The third-order valence-corrected chi connectivity index (χ3v) is 10.2. The van der Waals surface area contributed by atoms with Crippen molar-refractivity contribution in [3.8, 4) is 22.3 Å². The summed E-state index contributed by atoms with van der Waals surface area (Å²) in [5.41, 5.74) is 10.2. The number of fused-ring (bicyclic) bond motifs is 6. The van der Waals surface area contributed by atoms with Crippen LogP contribution in [0.25, 0.3) is 93.6 Å². The minimum Gasteiger partial charge on any atom is -0.456 e. The fourth-order valence-electron chi connectivity index (χ4n) is 7.91. The summed E-state index contributed by atoms with van der Waals surface area (Å²) in [5, 5.41) is 11.2. The van der Waals surface area contributed by atoms with Gasteiger partial charge in [0.2, 0.25) is 0 Å². The van der Waals surface area contributed by atoms with Gasteiger partial charge < -0.3 is 8.83 Å². The molecule has 0 saturated heterocycles. The summed E-state index contributed by atoms with van der Waals surface area (Å²) in [5.74, 6) is 0.997. The molecule has 2 heterocycles. The van der Waals surface area contributed by atoms with E-state index in [2.05, 4.69) is 124 Å². The zero-order chi connectivity index (χ0) is 30.7. The molecule has 10 rings (SSSR count). The molecule has 2 nitrogen and oxygen atoms in total. The number of allylic oxidation sites excluding steroid dienone is 1. The quantitative estimate of drug-likeness (QED) is 0.187. The molecule has 0 saturated carbocycles. The Balaban J connectivity index is 1.33. The highest BCUT2D eigenvalue weighted by Crippen LogP contribution is 2.47.